The van der Waals surface area contributed by atoms with E-state index in [4.69, 9.17) is 21.1 Å². The van der Waals surface area contributed by atoms with E-state index in [1.165, 1.54) is 13.5 Å². The van der Waals surface area contributed by atoms with Crippen LogP contribution in [0.15, 0.2) is 12.1 Å². The smallest absolute Gasteiger partial charge is 0.309 e. The largest absolute Gasteiger partial charge is 0.496 e. The van der Waals surface area contributed by atoms with Gasteiger partial charge in [0.2, 0.25) is 5.91 Å². The van der Waals surface area contributed by atoms with Crippen LogP contribution in [-0.2, 0) is 9.59 Å². The molecule has 0 radical (unpaired) electrons. The molecule has 8 nitrogen and oxygen atoms in total. The Bertz CT molecular complexity index is 1080. The van der Waals surface area contributed by atoms with E-state index in [-0.39, 0.29) is 41.2 Å². The van der Waals surface area contributed by atoms with Crippen molar-refractivity contribution in [3.05, 3.63) is 22.7 Å². The second kappa shape index (κ2) is 11.9. The van der Waals surface area contributed by atoms with Crippen LogP contribution in [0.4, 0.5) is 0 Å². The summed E-state index contributed by atoms with van der Waals surface area (Å²) >= 11 is 6.49. The lowest BCUT2D eigenvalue weighted by atomic mass is 9.70. The number of hydrogen-bond acceptors (Lipinski definition) is 5. The van der Waals surface area contributed by atoms with Crippen LogP contribution in [0.2, 0.25) is 5.02 Å². The lowest BCUT2D eigenvalue weighted by molar-refractivity contribution is -0.150. The first-order valence-electron chi connectivity index (χ1n) is 14.3. The third-order valence-corrected chi connectivity index (χ3v) is 9.73. The molecule has 0 bridgehead atoms. The summed E-state index contributed by atoms with van der Waals surface area (Å²) in [6.07, 6.45) is 8.10. The molecule has 4 rings (SSSR count). The zero-order valence-corrected chi connectivity index (χ0v) is 24.4. The van der Waals surface area contributed by atoms with Crippen LogP contribution < -0.4 is 20.1 Å². The van der Waals surface area contributed by atoms with Crippen molar-refractivity contribution in [1.29, 1.82) is 0 Å². The van der Waals surface area contributed by atoms with Gasteiger partial charge in [-0.15, -0.1) is 0 Å². The fourth-order valence-corrected chi connectivity index (χ4v) is 6.55. The average Bonchev–Trinajstić information content (AvgIpc) is 2.88. The van der Waals surface area contributed by atoms with Gasteiger partial charge in [-0.2, -0.15) is 0 Å². The summed E-state index contributed by atoms with van der Waals surface area (Å²) in [6.45, 7) is 6.74. The number of carboxylic acids is 1. The fraction of sp³-hybridized carbons (Fsp3) is 0.700. The molecule has 3 N–H and O–H groups in total. The molecule has 0 spiro atoms. The molecule has 3 aliphatic rings. The van der Waals surface area contributed by atoms with E-state index in [2.05, 4.69) is 24.5 Å². The molecule has 1 aromatic rings. The Kier molecular flexibility index (Phi) is 9.04. The second-order valence-corrected chi connectivity index (χ2v) is 13.0. The topological polar surface area (TPSA) is 114 Å². The first-order valence-corrected chi connectivity index (χ1v) is 14.7. The number of carbonyl (C=O) groups excluding carboxylic acids is 2. The van der Waals surface area contributed by atoms with Gasteiger partial charge < -0.3 is 25.2 Å². The Balaban J connectivity index is 1.46. The number of aliphatic carboxylic acids is 1. The molecule has 1 aromatic carbocycles. The summed E-state index contributed by atoms with van der Waals surface area (Å²) in [5.74, 6) is -0.556. The molecule has 3 aliphatic carbocycles. The zero-order chi connectivity index (χ0) is 28.4. The van der Waals surface area contributed by atoms with Crippen molar-refractivity contribution in [3.8, 4) is 11.5 Å². The van der Waals surface area contributed by atoms with Crippen molar-refractivity contribution in [2.24, 2.45) is 22.7 Å². The highest BCUT2D eigenvalue weighted by Gasteiger charge is 2.40. The SMILES string of the molecule is COc1cc(Cl)c(O[C@H]2CC[C@@](C)(C(=O)O)CC2)cc1C(=O)N[C@@H]1CCC[C@@H](C)[C@@H]1C(=O)NCC1(C)CCC1. The molecule has 39 heavy (non-hydrogen) atoms. The van der Waals surface area contributed by atoms with E-state index in [1.54, 1.807) is 19.1 Å². The molecule has 3 saturated carbocycles. The van der Waals surface area contributed by atoms with E-state index < -0.39 is 11.4 Å². The molecule has 216 valence electrons. The number of ether oxygens (including phenoxy) is 2. The van der Waals surface area contributed by atoms with Gasteiger partial charge in [-0.3, -0.25) is 14.4 Å². The third-order valence-electron chi connectivity index (χ3n) is 9.44. The number of carboxylic acid groups (broad SMARTS) is 1. The second-order valence-electron chi connectivity index (χ2n) is 12.6. The molecule has 0 aliphatic heterocycles. The van der Waals surface area contributed by atoms with Gasteiger partial charge in [0.1, 0.15) is 11.5 Å². The number of benzene rings is 1. The van der Waals surface area contributed by atoms with Gasteiger partial charge in [-0.05, 0) is 75.7 Å². The van der Waals surface area contributed by atoms with Gasteiger partial charge in [-0.25, -0.2) is 0 Å². The minimum Gasteiger partial charge on any atom is -0.496 e. The van der Waals surface area contributed by atoms with Crippen LogP contribution in [0.5, 0.6) is 11.5 Å². The zero-order valence-electron chi connectivity index (χ0n) is 23.6. The molecule has 3 atom stereocenters. The summed E-state index contributed by atoms with van der Waals surface area (Å²) < 4.78 is 11.7. The van der Waals surface area contributed by atoms with Crippen molar-refractivity contribution in [1.82, 2.24) is 10.6 Å². The quantitative estimate of drug-likeness (QED) is 0.361. The first-order chi connectivity index (χ1) is 18.4. The summed E-state index contributed by atoms with van der Waals surface area (Å²) in [6, 6.07) is 2.88. The predicted octanol–water partition coefficient (Wildman–Crippen LogP) is 5.60. The fourth-order valence-electron chi connectivity index (χ4n) is 6.35. The molecule has 0 heterocycles. The van der Waals surface area contributed by atoms with Gasteiger partial charge in [0.15, 0.2) is 0 Å². The molecular weight excluding hydrogens is 520 g/mol. The highest BCUT2D eigenvalue weighted by Crippen LogP contribution is 2.41. The summed E-state index contributed by atoms with van der Waals surface area (Å²) in [5, 5.41) is 16.1. The maximum absolute atomic E-state index is 13.6. The summed E-state index contributed by atoms with van der Waals surface area (Å²) in [7, 11) is 1.48. The van der Waals surface area contributed by atoms with E-state index >= 15 is 0 Å². The Labute approximate surface area is 236 Å². The van der Waals surface area contributed by atoms with E-state index in [0.717, 1.165) is 32.1 Å². The number of hydrogen-bond donors (Lipinski definition) is 3. The van der Waals surface area contributed by atoms with Gasteiger partial charge in [0.25, 0.3) is 5.91 Å². The first kappa shape index (κ1) is 29.5. The predicted molar refractivity (Wildman–Crippen MR) is 149 cm³/mol. The van der Waals surface area contributed by atoms with Crippen molar-refractivity contribution in [3.63, 3.8) is 0 Å². The van der Waals surface area contributed by atoms with Crippen molar-refractivity contribution in [2.75, 3.05) is 13.7 Å². The van der Waals surface area contributed by atoms with E-state index in [0.29, 0.717) is 54.3 Å². The van der Waals surface area contributed by atoms with Crippen LogP contribution in [0.1, 0.15) is 95.3 Å². The summed E-state index contributed by atoms with van der Waals surface area (Å²) in [5.41, 5.74) is -0.267. The van der Waals surface area contributed by atoms with Gasteiger partial charge in [0, 0.05) is 18.7 Å². The van der Waals surface area contributed by atoms with Crippen LogP contribution in [0.3, 0.4) is 0 Å². The normalized spacial score (nSPS) is 30.0. The molecule has 9 heteroatoms. The number of amides is 2. The lowest BCUT2D eigenvalue weighted by Crippen LogP contribution is -2.52. The van der Waals surface area contributed by atoms with Crippen LogP contribution in [-0.4, -0.2) is 48.7 Å². The number of carbonyl (C=O) groups is 3. The lowest BCUT2D eigenvalue weighted by Gasteiger charge is -2.40. The van der Waals surface area contributed by atoms with Crippen LogP contribution >= 0.6 is 11.6 Å². The molecule has 0 aromatic heterocycles. The molecule has 2 amide bonds. The van der Waals surface area contributed by atoms with E-state index in [1.807, 2.05) is 0 Å². The van der Waals surface area contributed by atoms with Gasteiger partial charge >= 0.3 is 5.97 Å². The summed E-state index contributed by atoms with van der Waals surface area (Å²) in [4.78, 5) is 38.4. The Hall–Kier alpha value is -2.48. The van der Waals surface area contributed by atoms with E-state index in [9.17, 15) is 19.5 Å². The molecular formula is C30H43ClN2O6. The number of halogens is 1. The van der Waals surface area contributed by atoms with Crippen molar-refractivity contribution >= 4 is 29.4 Å². The number of rotatable bonds is 9. The van der Waals surface area contributed by atoms with Crippen molar-refractivity contribution < 1.29 is 29.0 Å². The highest BCUT2D eigenvalue weighted by molar-refractivity contribution is 6.32. The number of nitrogens with one attached hydrogen (secondary N) is 2. The minimum absolute atomic E-state index is 0.0124. The Morgan fingerprint density at radius 3 is 2.31 bits per heavy atom. The van der Waals surface area contributed by atoms with Gasteiger partial charge in [-0.1, -0.05) is 38.3 Å². The van der Waals surface area contributed by atoms with Crippen LogP contribution in [0, 0.1) is 22.7 Å². The molecule has 0 unspecified atom stereocenters. The Morgan fingerprint density at radius 1 is 1.03 bits per heavy atom. The molecule has 3 fully saturated rings. The van der Waals surface area contributed by atoms with Crippen LogP contribution in [0.25, 0.3) is 0 Å². The molecule has 0 saturated heterocycles. The highest BCUT2D eigenvalue weighted by atomic mass is 35.5. The maximum atomic E-state index is 13.6. The van der Waals surface area contributed by atoms with Gasteiger partial charge in [0.05, 0.1) is 35.1 Å². The standard InChI is InChI=1S/C30H43ClN2O6/c1-18-7-5-8-22(25(18)27(35)32-17-29(2)11-6-12-29)33-26(34)20-15-24(21(31)16-23(20)38-4)39-19-9-13-30(3,14-10-19)28(36)37/h15-16,18-19,22,25H,5-14,17H2,1-4H3,(H,32,35)(H,33,34)(H,36,37)/t18-,19-,22-,25+,30+/m1/s1. The maximum Gasteiger partial charge on any atom is 0.309 e. The monoisotopic (exact) mass is 562 g/mol. The Morgan fingerprint density at radius 2 is 1.72 bits per heavy atom. The minimum atomic E-state index is -0.788. The van der Waals surface area contributed by atoms with Crippen molar-refractivity contribution in [2.45, 2.75) is 97.1 Å². The number of methoxy groups -OCH3 is 1. The average molecular weight is 563 g/mol. The third kappa shape index (κ3) is 6.64.